The average molecular weight is 467 g/mol. The quantitative estimate of drug-likeness (QED) is 0.252. The largest absolute Gasteiger partial charge is 0.257 e. The van der Waals surface area contributed by atoms with Crippen LogP contribution in [0.4, 0.5) is 17.6 Å². The zero-order valence-electron chi connectivity index (χ0n) is 17.4. The monoisotopic (exact) mass is 466 g/mol. The van der Waals surface area contributed by atoms with Gasteiger partial charge in [-0.1, -0.05) is 25.0 Å². The molecule has 0 spiro atoms. The van der Waals surface area contributed by atoms with E-state index in [9.17, 15) is 17.6 Å². The van der Waals surface area contributed by atoms with Gasteiger partial charge in [0.15, 0.2) is 8.07 Å². The Morgan fingerprint density at radius 2 is 1.00 bits per heavy atom. The number of halogens is 4. The van der Waals surface area contributed by atoms with Crippen LogP contribution in [0.5, 0.6) is 0 Å². The zero-order chi connectivity index (χ0) is 23.0. The summed E-state index contributed by atoms with van der Waals surface area (Å²) >= 11 is 0. The number of aromatic nitrogens is 4. The summed E-state index contributed by atoms with van der Waals surface area (Å²) in [6, 6.07) is 17.5. The molecule has 33 heavy (non-hydrogen) atoms. The summed E-state index contributed by atoms with van der Waals surface area (Å²) in [6.45, 7) is 0. The Hall–Kier alpha value is -3.46. The minimum Gasteiger partial charge on any atom is -0.257 e. The van der Waals surface area contributed by atoms with Gasteiger partial charge in [0, 0.05) is 10.6 Å². The molecule has 4 nitrogen and oxygen atoms in total. The van der Waals surface area contributed by atoms with Crippen LogP contribution in [0.2, 0.25) is 12.1 Å². The molecule has 1 fully saturated rings. The Kier molecular flexibility index (Phi) is 5.49. The van der Waals surface area contributed by atoms with Gasteiger partial charge in [0.2, 0.25) is 23.8 Å². The molecule has 0 bridgehead atoms. The Morgan fingerprint density at radius 3 is 1.42 bits per heavy atom. The van der Waals surface area contributed by atoms with E-state index >= 15 is 0 Å². The third-order valence-electron chi connectivity index (χ3n) is 6.12. The van der Waals surface area contributed by atoms with Crippen LogP contribution >= 0.6 is 0 Å². The summed E-state index contributed by atoms with van der Waals surface area (Å²) in [6.07, 6.45) is 2.01. The van der Waals surface area contributed by atoms with Gasteiger partial charge in [0.05, 0.1) is 22.5 Å². The molecule has 4 aromatic rings. The van der Waals surface area contributed by atoms with Gasteiger partial charge < -0.3 is 0 Å². The van der Waals surface area contributed by atoms with E-state index in [0.29, 0.717) is 11.4 Å². The standard InChI is InChI=1S/C24H18F4N4Si/c25-19-11-9-15(23(27)31-19)17-5-3-7-21(29-17)33(13-1-2-14-33)22-8-4-6-18(30-22)16-10-12-20(26)32-24(16)28/h3-12H,1-2,13-14H2. The van der Waals surface area contributed by atoms with Crippen LogP contribution in [-0.4, -0.2) is 28.0 Å². The normalized spacial score (nSPS) is 15.0. The first-order valence-corrected chi connectivity index (χ1v) is 13.0. The molecule has 1 aliphatic heterocycles. The average Bonchev–Trinajstić information content (AvgIpc) is 3.31. The van der Waals surface area contributed by atoms with Crippen LogP contribution in [0, 0.1) is 23.8 Å². The number of pyridine rings is 4. The number of nitrogens with zero attached hydrogens (tertiary/aromatic N) is 4. The molecule has 9 heteroatoms. The van der Waals surface area contributed by atoms with Crippen LogP contribution in [-0.2, 0) is 0 Å². The van der Waals surface area contributed by atoms with Gasteiger partial charge in [-0.3, -0.25) is 9.97 Å². The first-order chi connectivity index (χ1) is 16.0. The number of hydrogen-bond donors (Lipinski definition) is 0. The van der Waals surface area contributed by atoms with Gasteiger partial charge >= 0.3 is 0 Å². The van der Waals surface area contributed by atoms with Gasteiger partial charge in [-0.05, 0) is 60.6 Å². The van der Waals surface area contributed by atoms with Crippen molar-refractivity contribution in [1.29, 1.82) is 0 Å². The van der Waals surface area contributed by atoms with Gasteiger partial charge in [-0.2, -0.15) is 27.5 Å². The highest BCUT2D eigenvalue weighted by Crippen LogP contribution is 2.30. The second-order valence-electron chi connectivity index (χ2n) is 8.05. The van der Waals surface area contributed by atoms with E-state index in [4.69, 9.17) is 9.97 Å². The molecule has 5 rings (SSSR count). The number of hydrogen-bond acceptors (Lipinski definition) is 4. The van der Waals surface area contributed by atoms with Crippen LogP contribution in [0.1, 0.15) is 12.8 Å². The van der Waals surface area contributed by atoms with Crippen LogP contribution in [0.3, 0.4) is 0 Å². The molecule has 1 aliphatic rings. The fourth-order valence-electron chi connectivity index (χ4n) is 4.53. The maximum absolute atomic E-state index is 14.3. The Bertz CT molecular complexity index is 1240. The van der Waals surface area contributed by atoms with E-state index in [1.807, 2.05) is 12.1 Å². The Balaban J connectivity index is 1.61. The maximum atomic E-state index is 14.3. The van der Waals surface area contributed by atoms with Crippen molar-refractivity contribution in [3.63, 3.8) is 0 Å². The Morgan fingerprint density at radius 1 is 0.545 bits per heavy atom. The summed E-state index contributed by atoms with van der Waals surface area (Å²) in [5, 5.41) is 1.67. The summed E-state index contributed by atoms with van der Waals surface area (Å²) in [5.74, 6) is -3.61. The van der Waals surface area contributed by atoms with E-state index in [0.717, 1.165) is 47.7 Å². The summed E-state index contributed by atoms with van der Waals surface area (Å²) < 4.78 is 55.2. The van der Waals surface area contributed by atoms with Crippen LogP contribution < -0.4 is 10.6 Å². The molecule has 0 aliphatic carbocycles. The van der Waals surface area contributed by atoms with Gasteiger partial charge in [-0.15, -0.1) is 0 Å². The molecule has 0 amide bonds. The molecule has 0 atom stereocenters. The van der Waals surface area contributed by atoms with Crippen molar-refractivity contribution in [2.75, 3.05) is 0 Å². The van der Waals surface area contributed by atoms with Crippen molar-refractivity contribution in [3.05, 3.63) is 84.5 Å². The van der Waals surface area contributed by atoms with Crippen molar-refractivity contribution < 1.29 is 17.6 Å². The van der Waals surface area contributed by atoms with Gasteiger partial charge in [0.1, 0.15) is 0 Å². The van der Waals surface area contributed by atoms with E-state index < -0.39 is 31.9 Å². The molecule has 4 aromatic heterocycles. The van der Waals surface area contributed by atoms with Crippen molar-refractivity contribution >= 4 is 18.7 Å². The van der Waals surface area contributed by atoms with Crippen LogP contribution in [0.25, 0.3) is 22.5 Å². The lowest BCUT2D eigenvalue weighted by atomic mass is 10.2. The first-order valence-electron chi connectivity index (χ1n) is 10.6. The molecule has 0 unspecified atom stereocenters. The molecule has 0 saturated carbocycles. The predicted octanol–water partition coefficient (Wildman–Crippen LogP) is 4.51. The second-order valence-corrected chi connectivity index (χ2v) is 12.2. The minimum absolute atomic E-state index is 0.126. The molecular weight excluding hydrogens is 448 g/mol. The highest BCUT2D eigenvalue weighted by Gasteiger charge is 2.43. The van der Waals surface area contributed by atoms with E-state index in [2.05, 4.69) is 9.97 Å². The summed E-state index contributed by atoms with van der Waals surface area (Å²) in [5.41, 5.74) is 1.01. The molecule has 1 saturated heterocycles. The third-order valence-corrected chi connectivity index (χ3v) is 11.0. The SMILES string of the molecule is Fc1ccc(-c2cccc([Si]3(c4cccc(-c5ccc(F)nc5F)n4)CCCC3)n2)c(F)n1. The second kappa shape index (κ2) is 8.47. The lowest BCUT2D eigenvalue weighted by Crippen LogP contribution is -2.58. The fourth-order valence-corrected chi connectivity index (χ4v) is 9.27. The highest BCUT2D eigenvalue weighted by atomic mass is 28.3. The van der Waals surface area contributed by atoms with Crippen molar-refractivity contribution in [2.24, 2.45) is 0 Å². The van der Waals surface area contributed by atoms with Crippen molar-refractivity contribution in [2.45, 2.75) is 24.9 Å². The van der Waals surface area contributed by atoms with E-state index in [1.165, 1.54) is 12.1 Å². The maximum Gasteiger partial charge on any atom is 0.224 e. The molecule has 166 valence electrons. The van der Waals surface area contributed by atoms with Gasteiger partial charge in [-0.25, -0.2) is 0 Å². The number of rotatable bonds is 4. The highest BCUT2D eigenvalue weighted by molar-refractivity contribution is 7.01. The fraction of sp³-hybridized carbons (Fsp3) is 0.167. The summed E-state index contributed by atoms with van der Waals surface area (Å²) in [4.78, 5) is 16.1. The molecule has 5 heterocycles. The Labute approximate surface area is 188 Å². The third kappa shape index (κ3) is 3.93. The molecule has 0 radical (unpaired) electrons. The minimum atomic E-state index is -2.43. The van der Waals surface area contributed by atoms with Crippen molar-refractivity contribution in [3.8, 4) is 22.5 Å². The molecule has 0 aromatic carbocycles. The van der Waals surface area contributed by atoms with Crippen molar-refractivity contribution in [1.82, 2.24) is 19.9 Å². The van der Waals surface area contributed by atoms with E-state index in [-0.39, 0.29) is 11.1 Å². The molecule has 0 N–H and O–H groups in total. The van der Waals surface area contributed by atoms with E-state index in [1.54, 1.807) is 24.3 Å². The lowest BCUT2D eigenvalue weighted by molar-refractivity contribution is 0.514. The lowest BCUT2D eigenvalue weighted by Gasteiger charge is -2.26. The first kappa shape index (κ1) is 21.4. The van der Waals surface area contributed by atoms with Gasteiger partial charge in [0.25, 0.3) is 0 Å². The molecular formula is C24H18F4N4Si. The predicted molar refractivity (Wildman–Crippen MR) is 119 cm³/mol. The summed E-state index contributed by atoms with van der Waals surface area (Å²) in [7, 11) is -2.43. The van der Waals surface area contributed by atoms with Crippen LogP contribution in [0.15, 0.2) is 60.7 Å². The topological polar surface area (TPSA) is 51.6 Å². The zero-order valence-corrected chi connectivity index (χ0v) is 18.4. The smallest absolute Gasteiger partial charge is 0.224 e.